The van der Waals surface area contributed by atoms with E-state index in [2.05, 4.69) is 10.2 Å². The van der Waals surface area contributed by atoms with Crippen LogP contribution in [0, 0.1) is 5.92 Å². The molecule has 4 rings (SSSR count). The van der Waals surface area contributed by atoms with Gasteiger partial charge < -0.3 is 16.0 Å². The Balaban J connectivity index is 1.42. The number of rotatable bonds is 8. The quantitative estimate of drug-likeness (QED) is 0.489. The Labute approximate surface area is 205 Å². The summed E-state index contributed by atoms with van der Waals surface area (Å²) >= 11 is 0. The molecule has 1 aliphatic heterocycles. The van der Waals surface area contributed by atoms with Crippen molar-refractivity contribution in [3.8, 4) is 0 Å². The van der Waals surface area contributed by atoms with E-state index < -0.39 is 11.9 Å². The van der Waals surface area contributed by atoms with Gasteiger partial charge in [0.15, 0.2) is 0 Å². The molecule has 2 aromatic carbocycles. The first-order chi connectivity index (χ1) is 16.9. The van der Waals surface area contributed by atoms with Crippen LogP contribution in [0.1, 0.15) is 25.2 Å². The van der Waals surface area contributed by atoms with Crippen LogP contribution >= 0.6 is 0 Å². The molecule has 35 heavy (non-hydrogen) atoms. The van der Waals surface area contributed by atoms with Crippen molar-refractivity contribution in [1.29, 1.82) is 0 Å². The van der Waals surface area contributed by atoms with Crippen molar-refractivity contribution in [2.24, 2.45) is 11.7 Å². The third kappa shape index (κ3) is 6.22. The summed E-state index contributed by atoms with van der Waals surface area (Å²) in [5, 5.41) is 4.09. The zero-order valence-electron chi connectivity index (χ0n) is 20.2. The molecular weight excluding hydrogens is 440 g/mol. The molecule has 8 heteroatoms. The van der Waals surface area contributed by atoms with Gasteiger partial charge in [-0.2, -0.15) is 0 Å². The van der Waals surface area contributed by atoms with E-state index in [0.29, 0.717) is 31.3 Å². The number of nitrogens with zero attached hydrogens (tertiary/aromatic N) is 4. The number of nitrogens with one attached hydrogen (secondary N) is 1. The Morgan fingerprint density at radius 3 is 2.37 bits per heavy atom. The normalized spacial score (nSPS) is 15.6. The second kappa shape index (κ2) is 11.1. The molecule has 1 atom stereocenters. The minimum Gasteiger partial charge on any atom is -0.368 e. The highest BCUT2D eigenvalue weighted by atomic mass is 16.2. The molecule has 1 aromatic heterocycles. The molecule has 0 aliphatic carbocycles. The van der Waals surface area contributed by atoms with E-state index in [1.54, 1.807) is 6.08 Å². The number of carbonyl (C=O) groups excluding carboxylic acids is 2. The van der Waals surface area contributed by atoms with Crippen molar-refractivity contribution in [2.45, 2.75) is 26.4 Å². The largest absolute Gasteiger partial charge is 0.368 e. The maximum absolute atomic E-state index is 12.6. The molecular formula is C27H32N6O2. The number of para-hydroxylation sites is 1. The SMILES string of the molecule is CC(C)[C@H](Nc1nc(CN2CCN(C(=O)C=Cc3ccccc3)CC2)nc2ccccc12)C(N)=O. The Kier molecular flexibility index (Phi) is 7.72. The monoisotopic (exact) mass is 472 g/mol. The van der Waals surface area contributed by atoms with E-state index in [1.807, 2.05) is 79.4 Å². The first-order valence-electron chi connectivity index (χ1n) is 12.0. The number of piperazine rings is 1. The van der Waals surface area contributed by atoms with Gasteiger partial charge in [0.1, 0.15) is 17.7 Å². The molecule has 0 radical (unpaired) electrons. The molecule has 1 aliphatic rings. The van der Waals surface area contributed by atoms with Gasteiger partial charge in [-0.3, -0.25) is 14.5 Å². The third-order valence-electron chi connectivity index (χ3n) is 6.18. The first-order valence-corrected chi connectivity index (χ1v) is 12.0. The number of anilines is 1. The Bertz CT molecular complexity index is 1200. The van der Waals surface area contributed by atoms with Crippen molar-refractivity contribution in [2.75, 3.05) is 31.5 Å². The highest BCUT2D eigenvalue weighted by Gasteiger charge is 2.23. The van der Waals surface area contributed by atoms with Crippen molar-refractivity contribution >= 4 is 34.6 Å². The molecule has 1 fully saturated rings. The number of hydrogen-bond acceptors (Lipinski definition) is 6. The fraction of sp³-hybridized carbons (Fsp3) is 0.333. The fourth-order valence-corrected chi connectivity index (χ4v) is 4.18. The zero-order valence-corrected chi connectivity index (χ0v) is 20.2. The molecule has 0 unspecified atom stereocenters. The van der Waals surface area contributed by atoms with E-state index >= 15 is 0 Å². The van der Waals surface area contributed by atoms with Crippen LogP contribution in [0.5, 0.6) is 0 Å². The van der Waals surface area contributed by atoms with Gasteiger partial charge in [0.05, 0.1) is 12.1 Å². The maximum atomic E-state index is 12.6. The van der Waals surface area contributed by atoms with Gasteiger partial charge in [-0.25, -0.2) is 9.97 Å². The highest BCUT2D eigenvalue weighted by Crippen LogP contribution is 2.23. The topological polar surface area (TPSA) is 104 Å². The second-order valence-corrected chi connectivity index (χ2v) is 9.12. The van der Waals surface area contributed by atoms with Gasteiger partial charge >= 0.3 is 0 Å². The maximum Gasteiger partial charge on any atom is 0.246 e. The van der Waals surface area contributed by atoms with Crippen LogP contribution in [0.2, 0.25) is 0 Å². The van der Waals surface area contributed by atoms with Crippen molar-refractivity contribution in [3.05, 3.63) is 72.1 Å². The molecule has 0 saturated carbocycles. The lowest BCUT2D eigenvalue weighted by Crippen LogP contribution is -2.48. The summed E-state index contributed by atoms with van der Waals surface area (Å²) < 4.78 is 0. The van der Waals surface area contributed by atoms with Crippen LogP contribution < -0.4 is 11.1 Å². The second-order valence-electron chi connectivity index (χ2n) is 9.12. The lowest BCUT2D eigenvalue weighted by molar-refractivity contribution is -0.127. The average molecular weight is 473 g/mol. The number of nitrogens with two attached hydrogens (primary N) is 1. The molecule has 3 N–H and O–H groups in total. The number of carbonyl (C=O) groups is 2. The van der Waals surface area contributed by atoms with E-state index in [1.165, 1.54) is 0 Å². The van der Waals surface area contributed by atoms with E-state index in [9.17, 15) is 9.59 Å². The molecule has 1 saturated heterocycles. The highest BCUT2D eigenvalue weighted by molar-refractivity contribution is 5.92. The number of primary amides is 1. The van der Waals surface area contributed by atoms with Gasteiger partial charge in [0.2, 0.25) is 11.8 Å². The van der Waals surface area contributed by atoms with E-state index in [-0.39, 0.29) is 11.8 Å². The van der Waals surface area contributed by atoms with Crippen LogP contribution in [0.3, 0.4) is 0 Å². The van der Waals surface area contributed by atoms with Gasteiger partial charge in [-0.05, 0) is 29.7 Å². The van der Waals surface area contributed by atoms with Crippen LogP contribution in [0.25, 0.3) is 17.0 Å². The minimum absolute atomic E-state index is 0.0197. The molecule has 2 heterocycles. The molecule has 0 bridgehead atoms. The summed E-state index contributed by atoms with van der Waals surface area (Å²) in [5.41, 5.74) is 7.44. The third-order valence-corrected chi connectivity index (χ3v) is 6.18. The van der Waals surface area contributed by atoms with Crippen molar-refractivity contribution in [3.63, 3.8) is 0 Å². The Hall–Kier alpha value is -3.78. The minimum atomic E-state index is -0.528. The van der Waals surface area contributed by atoms with Crippen LogP contribution in [-0.2, 0) is 16.1 Å². The lowest BCUT2D eigenvalue weighted by atomic mass is 10.0. The van der Waals surface area contributed by atoms with Crippen molar-refractivity contribution in [1.82, 2.24) is 19.8 Å². The van der Waals surface area contributed by atoms with Crippen LogP contribution in [0.15, 0.2) is 60.7 Å². The Morgan fingerprint density at radius 2 is 1.69 bits per heavy atom. The van der Waals surface area contributed by atoms with Gasteiger partial charge in [0.25, 0.3) is 0 Å². The van der Waals surface area contributed by atoms with Crippen molar-refractivity contribution < 1.29 is 9.59 Å². The summed E-state index contributed by atoms with van der Waals surface area (Å²) in [6.45, 7) is 7.22. The van der Waals surface area contributed by atoms with Crippen LogP contribution in [0.4, 0.5) is 5.82 Å². The zero-order chi connectivity index (χ0) is 24.8. The number of hydrogen-bond donors (Lipinski definition) is 2. The predicted octanol–water partition coefficient (Wildman–Crippen LogP) is 2.91. The van der Waals surface area contributed by atoms with Gasteiger partial charge in [-0.1, -0.05) is 56.3 Å². The number of benzene rings is 2. The predicted molar refractivity (Wildman–Crippen MR) is 138 cm³/mol. The number of amides is 2. The number of fused-ring (bicyclic) bond motifs is 1. The lowest BCUT2D eigenvalue weighted by Gasteiger charge is -2.33. The molecule has 3 aromatic rings. The fourth-order valence-electron chi connectivity index (χ4n) is 4.18. The molecule has 0 spiro atoms. The summed E-state index contributed by atoms with van der Waals surface area (Å²) in [5.74, 6) is 0.913. The first kappa shape index (κ1) is 24.3. The summed E-state index contributed by atoms with van der Waals surface area (Å²) in [7, 11) is 0. The smallest absolute Gasteiger partial charge is 0.246 e. The van der Waals surface area contributed by atoms with Crippen LogP contribution in [-0.4, -0.2) is 63.8 Å². The van der Waals surface area contributed by atoms with Gasteiger partial charge in [-0.15, -0.1) is 0 Å². The summed E-state index contributed by atoms with van der Waals surface area (Å²) in [6, 6.07) is 17.0. The van der Waals surface area contributed by atoms with Gasteiger partial charge in [0, 0.05) is 37.6 Å². The standard InChI is InChI=1S/C27H32N6O2/c1-19(2)25(26(28)35)31-27-21-10-6-7-11-22(21)29-23(30-27)18-32-14-16-33(17-15-32)24(34)13-12-20-8-4-3-5-9-20/h3-13,19,25H,14-18H2,1-2H3,(H2,28,35)(H,29,30,31)/t25-/m0/s1. The van der Waals surface area contributed by atoms with E-state index in [4.69, 9.17) is 15.7 Å². The summed E-state index contributed by atoms with van der Waals surface area (Å²) in [6.07, 6.45) is 3.49. The number of aromatic nitrogens is 2. The molecule has 182 valence electrons. The van der Waals surface area contributed by atoms with E-state index in [0.717, 1.165) is 29.6 Å². The average Bonchev–Trinajstić information content (AvgIpc) is 2.86. The summed E-state index contributed by atoms with van der Waals surface area (Å²) in [4.78, 5) is 38.2. The Morgan fingerprint density at radius 1 is 1.00 bits per heavy atom. The molecule has 8 nitrogen and oxygen atoms in total. The molecule has 2 amide bonds.